The van der Waals surface area contributed by atoms with Crippen LogP contribution < -0.4 is 9.80 Å². The number of benzene rings is 1. The van der Waals surface area contributed by atoms with Crippen LogP contribution in [0.3, 0.4) is 0 Å². The molecule has 2 fully saturated rings. The van der Waals surface area contributed by atoms with E-state index in [2.05, 4.69) is 4.90 Å². The summed E-state index contributed by atoms with van der Waals surface area (Å²) in [6, 6.07) is 3.80. The topological polar surface area (TPSA) is 53.1 Å². The van der Waals surface area contributed by atoms with Gasteiger partial charge in [-0.15, -0.1) is 0 Å². The van der Waals surface area contributed by atoms with Crippen molar-refractivity contribution in [2.75, 3.05) is 56.2 Å². The number of ether oxygens (including phenoxy) is 1. The molecule has 0 radical (unpaired) electrons. The van der Waals surface area contributed by atoms with Gasteiger partial charge in [-0.1, -0.05) is 0 Å². The third-order valence-electron chi connectivity index (χ3n) is 5.34. The quantitative estimate of drug-likeness (QED) is 0.683. The Kier molecular flexibility index (Phi) is 6.70. The van der Waals surface area contributed by atoms with Crippen molar-refractivity contribution in [1.82, 2.24) is 4.90 Å². The second-order valence-electron chi connectivity index (χ2n) is 7.28. The molecular weight excluding hydrogens is 411 g/mol. The monoisotopic (exact) mass is 433 g/mol. The van der Waals surface area contributed by atoms with Crippen LogP contribution >= 0.6 is 11.6 Å². The van der Waals surface area contributed by atoms with Gasteiger partial charge in [0.1, 0.15) is 0 Å². The highest BCUT2D eigenvalue weighted by Gasteiger charge is 2.46. The highest BCUT2D eigenvalue weighted by Crippen LogP contribution is 2.35. The fraction of sp³-hybridized carbons (Fsp3) is 0.579. The molecule has 29 heavy (non-hydrogen) atoms. The molecule has 6 nitrogen and oxygen atoms in total. The number of carbonyl (C=O) groups is 2. The molecule has 0 aromatic heterocycles. The Morgan fingerprint density at radius 2 is 1.76 bits per heavy atom. The average Bonchev–Trinajstić information content (AvgIpc) is 2.68. The van der Waals surface area contributed by atoms with Crippen molar-refractivity contribution < 1.29 is 27.5 Å². The molecule has 1 amide bonds. The van der Waals surface area contributed by atoms with Crippen LogP contribution in [0.15, 0.2) is 18.2 Å². The zero-order valence-electron chi connectivity index (χ0n) is 16.0. The highest BCUT2D eigenvalue weighted by atomic mass is 35.5. The Hall–Kier alpha value is -1.84. The molecule has 2 aliphatic rings. The van der Waals surface area contributed by atoms with Gasteiger partial charge in [0.2, 0.25) is 0 Å². The Morgan fingerprint density at radius 3 is 2.31 bits per heavy atom. The zero-order chi connectivity index (χ0) is 21.2. The maximum absolute atomic E-state index is 13.4. The minimum Gasteiger partial charge on any atom is -0.381 e. The third kappa shape index (κ3) is 5.02. The van der Waals surface area contributed by atoms with Crippen molar-refractivity contribution >= 4 is 34.1 Å². The van der Waals surface area contributed by atoms with E-state index in [1.165, 1.54) is 12.1 Å². The first-order chi connectivity index (χ1) is 13.7. The molecule has 3 rings (SSSR count). The first-order valence-electron chi connectivity index (χ1n) is 9.44. The molecule has 0 saturated carbocycles. The van der Waals surface area contributed by atoms with E-state index in [-0.39, 0.29) is 37.3 Å². The summed E-state index contributed by atoms with van der Waals surface area (Å²) in [6.45, 7) is 3.47. The Morgan fingerprint density at radius 1 is 1.14 bits per heavy atom. The van der Waals surface area contributed by atoms with Gasteiger partial charge in [-0.3, -0.25) is 9.59 Å². The standard InChI is InChI=1S/C19H23ClF3N3O3/c1-24-6-8-25(9-7-24)14-2-3-15(17(20)27)16(12-14)26(18(28)19(21,22)23)13-4-10-29-11-5-13/h2-3,12-13H,4-11H2,1H3. The smallest absolute Gasteiger partial charge is 0.381 e. The number of amides is 1. The van der Waals surface area contributed by atoms with Gasteiger partial charge in [-0.25, -0.2) is 0 Å². The molecule has 0 bridgehead atoms. The molecule has 1 aromatic carbocycles. The fourth-order valence-corrected chi connectivity index (χ4v) is 3.86. The van der Waals surface area contributed by atoms with Crippen LogP contribution in [0.5, 0.6) is 0 Å². The Labute approximate surface area is 172 Å². The normalized spacial score (nSPS) is 19.3. The average molecular weight is 434 g/mol. The molecule has 160 valence electrons. The van der Waals surface area contributed by atoms with Gasteiger partial charge in [0, 0.05) is 51.1 Å². The Balaban J connectivity index is 2.05. The van der Waals surface area contributed by atoms with E-state index >= 15 is 0 Å². The predicted molar refractivity (Wildman–Crippen MR) is 104 cm³/mol. The van der Waals surface area contributed by atoms with E-state index in [1.807, 2.05) is 11.9 Å². The van der Waals surface area contributed by atoms with Gasteiger partial charge in [0.15, 0.2) is 0 Å². The zero-order valence-corrected chi connectivity index (χ0v) is 16.8. The van der Waals surface area contributed by atoms with Crippen molar-refractivity contribution in [1.29, 1.82) is 0 Å². The molecule has 0 aliphatic carbocycles. The number of likely N-dealkylation sites (N-methyl/N-ethyl adjacent to an activating group) is 1. The van der Waals surface area contributed by atoms with Crippen LogP contribution in [-0.4, -0.2) is 74.7 Å². The highest BCUT2D eigenvalue weighted by molar-refractivity contribution is 6.68. The lowest BCUT2D eigenvalue weighted by atomic mass is 10.0. The lowest BCUT2D eigenvalue weighted by Gasteiger charge is -2.37. The van der Waals surface area contributed by atoms with Crippen molar-refractivity contribution in [3.8, 4) is 0 Å². The van der Waals surface area contributed by atoms with E-state index < -0.39 is 23.4 Å². The number of carbonyl (C=O) groups excluding carboxylic acids is 2. The van der Waals surface area contributed by atoms with Gasteiger partial charge in [0.05, 0.1) is 11.3 Å². The number of hydrogen-bond donors (Lipinski definition) is 0. The Bertz CT molecular complexity index is 761. The third-order valence-corrected chi connectivity index (χ3v) is 5.54. The van der Waals surface area contributed by atoms with Crippen LogP contribution in [0.1, 0.15) is 23.2 Å². The van der Waals surface area contributed by atoms with E-state index in [0.717, 1.165) is 13.1 Å². The SMILES string of the molecule is CN1CCN(c2ccc(C(=O)Cl)c(N(C(=O)C(F)(F)F)C3CCOCC3)c2)CC1. The van der Waals surface area contributed by atoms with Crippen LogP contribution in [0, 0.1) is 0 Å². The number of anilines is 2. The maximum atomic E-state index is 13.4. The minimum atomic E-state index is -5.07. The molecule has 2 heterocycles. The van der Waals surface area contributed by atoms with Crippen molar-refractivity contribution in [3.05, 3.63) is 23.8 Å². The predicted octanol–water partition coefficient (Wildman–Crippen LogP) is 2.89. The number of hydrogen-bond acceptors (Lipinski definition) is 5. The molecule has 2 saturated heterocycles. The molecular formula is C19H23ClF3N3O3. The minimum absolute atomic E-state index is 0.101. The molecule has 0 unspecified atom stereocenters. The number of rotatable bonds is 4. The van der Waals surface area contributed by atoms with Crippen LogP contribution in [0.25, 0.3) is 0 Å². The van der Waals surface area contributed by atoms with Gasteiger partial charge in [-0.2, -0.15) is 13.2 Å². The molecule has 10 heteroatoms. The first kappa shape index (κ1) is 21.9. The van der Waals surface area contributed by atoms with E-state index in [9.17, 15) is 22.8 Å². The van der Waals surface area contributed by atoms with Crippen molar-refractivity contribution in [3.63, 3.8) is 0 Å². The van der Waals surface area contributed by atoms with Crippen molar-refractivity contribution in [2.24, 2.45) is 0 Å². The molecule has 0 spiro atoms. The van der Waals surface area contributed by atoms with Gasteiger partial charge >= 0.3 is 12.1 Å². The number of piperazine rings is 1. The summed E-state index contributed by atoms with van der Waals surface area (Å²) < 4.78 is 45.5. The van der Waals surface area contributed by atoms with Crippen LogP contribution in [0.2, 0.25) is 0 Å². The molecule has 0 atom stereocenters. The van der Waals surface area contributed by atoms with Crippen molar-refractivity contribution in [2.45, 2.75) is 25.1 Å². The summed E-state index contributed by atoms with van der Waals surface area (Å²) in [6.07, 6.45) is -4.58. The van der Waals surface area contributed by atoms with Gasteiger partial charge in [-0.05, 0) is 49.7 Å². The number of alkyl halides is 3. The number of nitrogens with zero attached hydrogens (tertiary/aromatic N) is 3. The van der Waals surface area contributed by atoms with E-state index in [0.29, 0.717) is 23.7 Å². The molecule has 0 N–H and O–H groups in total. The van der Waals surface area contributed by atoms with E-state index in [1.54, 1.807) is 6.07 Å². The fourth-order valence-electron chi connectivity index (χ4n) is 3.70. The summed E-state index contributed by atoms with van der Waals surface area (Å²) in [4.78, 5) is 29.2. The summed E-state index contributed by atoms with van der Waals surface area (Å²) in [7, 11) is 1.99. The number of halogens is 4. The molecule has 2 aliphatic heterocycles. The largest absolute Gasteiger partial charge is 0.471 e. The summed E-state index contributed by atoms with van der Waals surface area (Å²) in [5.74, 6) is -2.00. The summed E-state index contributed by atoms with van der Waals surface area (Å²) in [5, 5.41) is -0.906. The lowest BCUT2D eigenvalue weighted by molar-refractivity contribution is -0.171. The second kappa shape index (κ2) is 8.89. The van der Waals surface area contributed by atoms with Gasteiger partial charge in [0.25, 0.3) is 5.24 Å². The first-order valence-corrected chi connectivity index (χ1v) is 9.82. The van der Waals surface area contributed by atoms with Crippen LogP contribution in [0.4, 0.5) is 24.5 Å². The van der Waals surface area contributed by atoms with Gasteiger partial charge < -0.3 is 19.4 Å². The summed E-state index contributed by atoms with van der Waals surface area (Å²) in [5.41, 5.74) is 0.436. The van der Waals surface area contributed by atoms with Crippen LogP contribution in [-0.2, 0) is 9.53 Å². The van der Waals surface area contributed by atoms with E-state index in [4.69, 9.17) is 16.3 Å². The second-order valence-corrected chi connectivity index (χ2v) is 7.63. The summed E-state index contributed by atoms with van der Waals surface area (Å²) >= 11 is 5.66. The maximum Gasteiger partial charge on any atom is 0.471 e. The molecule has 1 aromatic rings. The lowest BCUT2D eigenvalue weighted by Crippen LogP contribution is -2.50.